The van der Waals surface area contributed by atoms with Gasteiger partial charge in [0.05, 0.1) is 15.9 Å². The molecule has 8 nitrogen and oxygen atoms in total. The van der Waals surface area contributed by atoms with Gasteiger partial charge in [-0.2, -0.15) is 11.8 Å². The number of carbonyl (C=O) groups excluding carboxylic acids is 1. The molecule has 2 amide bonds. The summed E-state index contributed by atoms with van der Waals surface area (Å²) in [6.07, 6.45) is 6.53. The minimum atomic E-state index is -0.734. The van der Waals surface area contributed by atoms with Gasteiger partial charge in [-0.3, -0.25) is 10.3 Å². The van der Waals surface area contributed by atoms with E-state index in [-0.39, 0.29) is 6.03 Å². The molecule has 33 heavy (non-hydrogen) atoms. The summed E-state index contributed by atoms with van der Waals surface area (Å²) in [7, 11) is 0. The van der Waals surface area contributed by atoms with Crippen LogP contribution in [0.4, 0.5) is 9.93 Å². The highest BCUT2D eigenvalue weighted by atomic mass is 32.2. The van der Waals surface area contributed by atoms with Crippen LogP contribution in [-0.2, 0) is 5.75 Å². The number of nitrogens with one attached hydrogen (secondary N) is 2. The summed E-state index contributed by atoms with van der Waals surface area (Å²) >= 11 is 3.16. The van der Waals surface area contributed by atoms with Crippen molar-refractivity contribution in [1.29, 1.82) is 0 Å². The number of amides is 2. The van der Waals surface area contributed by atoms with Crippen LogP contribution in [0.2, 0.25) is 0 Å². The molecule has 0 fully saturated rings. The fraction of sp³-hybridized carbons (Fsp3) is 0.261. The minimum absolute atomic E-state index is 0.291. The predicted molar refractivity (Wildman–Crippen MR) is 134 cm³/mol. The van der Waals surface area contributed by atoms with E-state index in [1.165, 1.54) is 16.9 Å². The SMILES string of the molecule is CCNC(=O)Nc1nc2cc(-c3cnc(C(C)O)nc3)cc(-c3cc(CSC)ccn3)c2s1. The van der Waals surface area contributed by atoms with Gasteiger partial charge in [-0.25, -0.2) is 19.7 Å². The van der Waals surface area contributed by atoms with Gasteiger partial charge in [0.15, 0.2) is 11.0 Å². The first kappa shape index (κ1) is 23.1. The molecule has 4 rings (SSSR count). The number of urea groups is 1. The van der Waals surface area contributed by atoms with Crippen LogP contribution in [0.3, 0.4) is 0 Å². The third kappa shape index (κ3) is 5.29. The van der Waals surface area contributed by atoms with Crippen LogP contribution >= 0.6 is 23.1 Å². The molecule has 4 aromatic rings. The summed E-state index contributed by atoms with van der Waals surface area (Å²) in [6, 6.07) is 7.80. The Bertz CT molecular complexity index is 1270. The van der Waals surface area contributed by atoms with E-state index in [1.807, 2.05) is 31.3 Å². The molecule has 170 valence electrons. The van der Waals surface area contributed by atoms with Crippen molar-refractivity contribution in [3.63, 3.8) is 0 Å². The van der Waals surface area contributed by atoms with E-state index in [1.54, 1.807) is 31.1 Å². The van der Waals surface area contributed by atoms with Crippen LogP contribution in [0.5, 0.6) is 0 Å². The van der Waals surface area contributed by atoms with E-state index in [4.69, 9.17) is 0 Å². The van der Waals surface area contributed by atoms with Gasteiger partial charge in [0.2, 0.25) is 0 Å². The monoisotopic (exact) mass is 480 g/mol. The molecule has 1 unspecified atom stereocenters. The first-order valence-corrected chi connectivity index (χ1v) is 12.6. The Kier molecular flexibility index (Phi) is 7.17. The van der Waals surface area contributed by atoms with E-state index in [0.717, 1.165) is 38.4 Å². The molecule has 0 aliphatic heterocycles. The van der Waals surface area contributed by atoms with Crippen molar-refractivity contribution in [2.75, 3.05) is 18.1 Å². The Labute approximate surface area is 199 Å². The maximum Gasteiger partial charge on any atom is 0.321 e. The predicted octanol–water partition coefficient (Wildman–Crippen LogP) is 4.87. The molecule has 0 aliphatic carbocycles. The summed E-state index contributed by atoms with van der Waals surface area (Å²) in [5.41, 5.74) is 5.36. The molecule has 0 bridgehead atoms. The highest BCUT2D eigenvalue weighted by molar-refractivity contribution is 7.97. The Morgan fingerprint density at radius 1 is 1.18 bits per heavy atom. The number of hydrogen-bond acceptors (Lipinski definition) is 8. The van der Waals surface area contributed by atoms with Crippen LogP contribution < -0.4 is 10.6 Å². The zero-order valence-corrected chi connectivity index (χ0v) is 20.1. The number of anilines is 1. The third-order valence-corrected chi connectivity index (χ3v) is 6.48. The number of rotatable bonds is 7. The molecule has 0 saturated carbocycles. The van der Waals surface area contributed by atoms with Gasteiger partial charge >= 0.3 is 6.03 Å². The Hall–Kier alpha value is -3.08. The van der Waals surface area contributed by atoms with Crippen molar-refractivity contribution < 1.29 is 9.90 Å². The minimum Gasteiger partial charge on any atom is -0.385 e. The van der Waals surface area contributed by atoms with E-state index < -0.39 is 6.10 Å². The molecule has 0 aliphatic rings. The summed E-state index contributed by atoms with van der Waals surface area (Å²) in [5.74, 6) is 1.26. The zero-order valence-electron chi connectivity index (χ0n) is 18.5. The Morgan fingerprint density at radius 2 is 1.97 bits per heavy atom. The number of carbonyl (C=O) groups is 1. The largest absolute Gasteiger partial charge is 0.385 e. The summed E-state index contributed by atoms with van der Waals surface area (Å²) in [6.45, 7) is 4.02. The van der Waals surface area contributed by atoms with Crippen molar-refractivity contribution in [2.45, 2.75) is 25.7 Å². The maximum atomic E-state index is 12.0. The summed E-state index contributed by atoms with van der Waals surface area (Å²) < 4.78 is 0.931. The van der Waals surface area contributed by atoms with E-state index in [0.29, 0.717) is 17.5 Å². The number of pyridine rings is 1. The van der Waals surface area contributed by atoms with Crippen molar-refractivity contribution in [3.05, 3.63) is 54.2 Å². The van der Waals surface area contributed by atoms with Gasteiger partial charge in [0.1, 0.15) is 6.10 Å². The first-order valence-electron chi connectivity index (χ1n) is 10.4. The lowest BCUT2D eigenvalue weighted by Gasteiger charge is -2.09. The number of aliphatic hydroxyl groups is 1. The average Bonchev–Trinajstić information content (AvgIpc) is 3.21. The molecule has 3 N–H and O–H groups in total. The molecule has 0 radical (unpaired) electrons. The quantitative estimate of drug-likeness (QED) is 0.346. The summed E-state index contributed by atoms with van der Waals surface area (Å²) in [4.78, 5) is 29.8. The topological polar surface area (TPSA) is 113 Å². The number of nitrogens with zero attached hydrogens (tertiary/aromatic N) is 4. The van der Waals surface area contributed by atoms with Crippen molar-refractivity contribution in [3.8, 4) is 22.4 Å². The van der Waals surface area contributed by atoms with Gasteiger partial charge in [-0.05, 0) is 55.5 Å². The lowest BCUT2D eigenvalue weighted by Crippen LogP contribution is -2.28. The normalized spacial score (nSPS) is 12.0. The van der Waals surface area contributed by atoms with E-state index in [2.05, 4.69) is 42.9 Å². The molecular formula is C23H24N6O2S2. The average molecular weight is 481 g/mol. The Balaban J connectivity index is 1.84. The van der Waals surface area contributed by atoms with Crippen molar-refractivity contribution in [1.82, 2.24) is 25.3 Å². The van der Waals surface area contributed by atoms with Crippen molar-refractivity contribution in [2.24, 2.45) is 0 Å². The highest BCUT2D eigenvalue weighted by Crippen LogP contribution is 2.38. The Morgan fingerprint density at radius 3 is 2.67 bits per heavy atom. The molecule has 0 spiro atoms. The fourth-order valence-corrected chi connectivity index (χ4v) is 4.80. The molecule has 10 heteroatoms. The second-order valence-corrected chi connectivity index (χ2v) is 9.23. The van der Waals surface area contributed by atoms with Crippen LogP contribution in [-0.4, -0.2) is 43.9 Å². The number of benzene rings is 1. The first-order chi connectivity index (χ1) is 16.0. The standard InChI is InChI=1S/C23H24N6O2S2/c1-4-24-22(31)29-23-28-19-9-15(16-10-26-21(13(2)30)27-11-16)8-17(20(19)33-23)18-7-14(12-32-3)5-6-25-18/h5-11,13,30H,4,12H2,1-3H3,(H2,24,28,29,31). The molecule has 3 aromatic heterocycles. The van der Waals surface area contributed by atoms with Gasteiger partial charge in [0, 0.05) is 42.0 Å². The van der Waals surface area contributed by atoms with Crippen molar-refractivity contribution >= 4 is 44.5 Å². The number of aliphatic hydroxyl groups excluding tert-OH is 1. The van der Waals surface area contributed by atoms with Gasteiger partial charge in [0.25, 0.3) is 0 Å². The smallest absolute Gasteiger partial charge is 0.321 e. The maximum absolute atomic E-state index is 12.0. The highest BCUT2D eigenvalue weighted by Gasteiger charge is 2.16. The number of thiazole rings is 1. The molecule has 1 atom stereocenters. The van der Waals surface area contributed by atoms with Gasteiger partial charge < -0.3 is 10.4 Å². The number of aromatic nitrogens is 4. The molecule has 1 aromatic carbocycles. The van der Waals surface area contributed by atoms with Crippen LogP contribution in [0.25, 0.3) is 32.6 Å². The third-order valence-electron chi connectivity index (χ3n) is 4.84. The van der Waals surface area contributed by atoms with Gasteiger partial charge in [-0.1, -0.05) is 11.3 Å². The summed E-state index contributed by atoms with van der Waals surface area (Å²) in [5, 5.41) is 15.8. The fourth-order valence-electron chi connectivity index (χ4n) is 3.33. The van der Waals surface area contributed by atoms with Crippen LogP contribution in [0, 0.1) is 0 Å². The van der Waals surface area contributed by atoms with Crippen LogP contribution in [0.1, 0.15) is 31.3 Å². The van der Waals surface area contributed by atoms with E-state index >= 15 is 0 Å². The number of hydrogen-bond donors (Lipinski definition) is 3. The van der Waals surface area contributed by atoms with Gasteiger partial charge in [-0.15, -0.1) is 0 Å². The molecule has 3 heterocycles. The second-order valence-electron chi connectivity index (χ2n) is 7.36. The number of thioether (sulfide) groups is 1. The molecule has 0 saturated heterocycles. The molecular weight excluding hydrogens is 456 g/mol. The van der Waals surface area contributed by atoms with E-state index in [9.17, 15) is 9.90 Å². The second kappa shape index (κ2) is 10.2. The van der Waals surface area contributed by atoms with Crippen LogP contribution in [0.15, 0.2) is 42.9 Å². The lowest BCUT2D eigenvalue weighted by atomic mass is 10.0. The lowest BCUT2D eigenvalue weighted by molar-refractivity contribution is 0.189. The zero-order chi connectivity index (χ0) is 23.4. The number of fused-ring (bicyclic) bond motifs is 1.